The highest BCUT2D eigenvalue weighted by Gasteiger charge is 2.37. The Balaban J connectivity index is 1.01. The molecule has 10 nitrogen and oxygen atoms in total. The quantitative estimate of drug-likeness (QED) is 0.113. The molecule has 0 aliphatic carbocycles. The van der Waals surface area contributed by atoms with Gasteiger partial charge in [-0.3, -0.25) is 9.74 Å². The monoisotopic (exact) mass is 659 g/mol. The van der Waals surface area contributed by atoms with E-state index >= 15 is 0 Å². The number of guanidine groups is 1. The molecule has 0 spiro atoms. The van der Waals surface area contributed by atoms with Gasteiger partial charge in [-0.2, -0.15) is 9.86 Å². The van der Waals surface area contributed by atoms with E-state index in [4.69, 9.17) is 19.7 Å². The molecule has 2 N–H and O–H groups in total. The predicted molar refractivity (Wildman–Crippen MR) is 188 cm³/mol. The van der Waals surface area contributed by atoms with E-state index in [0.29, 0.717) is 17.1 Å². The molecule has 10 heteroatoms. The highest BCUT2D eigenvalue weighted by molar-refractivity contribution is 5.82. The van der Waals surface area contributed by atoms with E-state index in [2.05, 4.69) is 92.6 Å². The number of unbranched alkanes of at least 4 members (excludes halogenated alkanes) is 1. The lowest BCUT2D eigenvalue weighted by Gasteiger charge is -2.40. The maximum absolute atomic E-state index is 12.1. The third-order valence-electron chi connectivity index (χ3n) is 9.34. The van der Waals surface area contributed by atoms with Crippen molar-refractivity contribution >= 4 is 23.1 Å². The number of aryl methyl sites for hydroxylation is 1. The third-order valence-corrected chi connectivity index (χ3v) is 9.34. The number of rotatable bonds is 12. The van der Waals surface area contributed by atoms with Crippen LogP contribution in [0.3, 0.4) is 0 Å². The second-order valence-electron chi connectivity index (χ2n) is 12.4. The Morgan fingerprint density at radius 3 is 2.20 bits per heavy atom. The molecule has 1 atom stereocenters. The number of fused-ring (bicyclic) bond motifs is 1. The maximum Gasteiger partial charge on any atom is 0.560 e. The van der Waals surface area contributed by atoms with Crippen molar-refractivity contribution in [2.45, 2.75) is 31.3 Å². The van der Waals surface area contributed by atoms with Crippen LogP contribution in [0.25, 0.3) is 11.0 Å². The second-order valence-corrected chi connectivity index (χ2v) is 12.4. The van der Waals surface area contributed by atoms with E-state index in [0.717, 1.165) is 68.5 Å². The number of para-hydroxylation sites is 1. The number of carbonyl (C=O) groups excluding carboxylic acids is 1. The lowest BCUT2D eigenvalue weighted by atomic mass is 9.96. The smallest absolute Gasteiger partial charge is 0.496 e. The molecule has 2 aliphatic rings. The van der Waals surface area contributed by atoms with Gasteiger partial charge in [-0.05, 0) is 71.9 Å². The van der Waals surface area contributed by atoms with Crippen LogP contribution in [0.2, 0.25) is 0 Å². The molecule has 0 bridgehead atoms. The normalized spacial score (nSPS) is 16.3. The van der Waals surface area contributed by atoms with E-state index in [1.807, 2.05) is 36.4 Å². The number of furan rings is 1. The Kier molecular flexibility index (Phi) is 9.76. The first-order chi connectivity index (χ1) is 24.1. The number of nitrogens with two attached hydrogens (primary N) is 1. The minimum absolute atomic E-state index is 0.114. The average Bonchev–Trinajstić information content (AvgIpc) is 3.57. The topological polar surface area (TPSA) is 106 Å². The fourth-order valence-electron chi connectivity index (χ4n) is 6.93. The lowest BCUT2D eigenvalue weighted by molar-refractivity contribution is -0.116. The van der Waals surface area contributed by atoms with Gasteiger partial charge in [-0.25, -0.2) is 0 Å². The van der Waals surface area contributed by atoms with Crippen molar-refractivity contribution < 1.29 is 23.6 Å². The number of ether oxygens (including phenoxy) is 1. The van der Waals surface area contributed by atoms with Crippen LogP contribution in [-0.4, -0.2) is 66.8 Å². The first kappa shape index (κ1) is 32.2. The SMILES string of the molecule is COc1ccc(CCCCN2CCN(C(c3ccccc3)c3ccccc3)CC2)cc1C(c1cc2ccccc2o1)N1OC(=O)ON=C1N. The Morgan fingerprint density at radius 1 is 0.816 bits per heavy atom. The number of hydrogen-bond donors (Lipinski definition) is 1. The summed E-state index contributed by atoms with van der Waals surface area (Å²) < 4.78 is 12.0. The molecule has 7 rings (SSSR count). The number of hydrogen-bond acceptors (Lipinski definition) is 10. The third kappa shape index (κ3) is 7.25. The number of hydroxylamine groups is 2. The Labute approximate surface area is 286 Å². The number of nitrogens with zero attached hydrogens (tertiary/aromatic N) is 4. The minimum atomic E-state index is -0.984. The molecule has 1 fully saturated rings. The summed E-state index contributed by atoms with van der Waals surface area (Å²) in [4.78, 5) is 27.4. The number of piperazine rings is 1. The van der Waals surface area contributed by atoms with Crippen molar-refractivity contribution in [2.75, 3.05) is 39.8 Å². The van der Waals surface area contributed by atoms with Crippen molar-refractivity contribution in [3.8, 4) is 5.75 Å². The van der Waals surface area contributed by atoms with E-state index in [-0.39, 0.29) is 12.0 Å². The summed E-state index contributed by atoms with van der Waals surface area (Å²) >= 11 is 0. The summed E-state index contributed by atoms with van der Waals surface area (Å²) in [5.41, 5.74) is 11.4. The molecule has 1 saturated heterocycles. The number of methoxy groups -OCH3 is 1. The molecule has 3 heterocycles. The standard InChI is InChI=1S/C39H41N5O5/c1-46-34-20-19-28(26-32(34)37(44-38(40)41-48-39(45)49-44)35-27-31-17-8-9-18-33(31)47-35)12-10-11-21-42-22-24-43(25-23-42)36(29-13-4-2-5-14-29)30-15-6-3-7-16-30/h2-9,13-20,26-27,36-37H,10-12,21-25H2,1H3,(H2,40,41). The minimum Gasteiger partial charge on any atom is -0.496 e. The zero-order valence-electron chi connectivity index (χ0n) is 27.6. The van der Waals surface area contributed by atoms with E-state index < -0.39 is 12.2 Å². The van der Waals surface area contributed by atoms with Crippen LogP contribution in [0.5, 0.6) is 5.75 Å². The summed E-state index contributed by atoms with van der Waals surface area (Å²) in [7, 11) is 1.61. The summed E-state index contributed by atoms with van der Waals surface area (Å²) in [6.07, 6.45) is 1.99. The van der Waals surface area contributed by atoms with Crippen LogP contribution >= 0.6 is 0 Å². The maximum atomic E-state index is 12.1. The Hall–Kier alpha value is -5.32. The van der Waals surface area contributed by atoms with Crippen LogP contribution in [0.1, 0.15) is 52.9 Å². The Bertz CT molecular complexity index is 1820. The number of oxime groups is 1. The fourth-order valence-corrected chi connectivity index (χ4v) is 6.93. The van der Waals surface area contributed by atoms with Crippen LogP contribution in [0, 0.1) is 0 Å². The number of benzene rings is 4. The highest BCUT2D eigenvalue weighted by Crippen LogP contribution is 2.39. The van der Waals surface area contributed by atoms with Gasteiger partial charge in [-0.1, -0.05) is 84.9 Å². The summed E-state index contributed by atoms with van der Waals surface area (Å²) in [6.45, 7) is 5.19. The summed E-state index contributed by atoms with van der Waals surface area (Å²) in [6, 6.07) is 36.8. The van der Waals surface area contributed by atoms with Crippen molar-refractivity contribution in [3.63, 3.8) is 0 Å². The molecule has 49 heavy (non-hydrogen) atoms. The highest BCUT2D eigenvalue weighted by atomic mass is 16.9. The molecular formula is C39H41N5O5. The predicted octanol–water partition coefficient (Wildman–Crippen LogP) is 6.87. The first-order valence-electron chi connectivity index (χ1n) is 16.8. The van der Waals surface area contributed by atoms with Gasteiger partial charge in [0.25, 0.3) is 5.96 Å². The largest absolute Gasteiger partial charge is 0.560 e. The zero-order valence-corrected chi connectivity index (χ0v) is 27.6. The molecule has 0 radical (unpaired) electrons. The van der Waals surface area contributed by atoms with Crippen LogP contribution < -0.4 is 10.5 Å². The van der Waals surface area contributed by atoms with Crippen LogP contribution in [0.4, 0.5) is 4.79 Å². The molecule has 0 saturated carbocycles. The van der Waals surface area contributed by atoms with Gasteiger partial charge >= 0.3 is 6.16 Å². The molecule has 1 aromatic heterocycles. The van der Waals surface area contributed by atoms with E-state index in [9.17, 15) is 4.79 Å². The molecule has 4 aromatic carbocycles. The average molecular weight is 660 g/mol. The van der Waals surface area contributed by atoms with Gasteiger partial charge in [-0.15, -0.1) is 0 Å². The lowest BCUT2D eigenvalue weighted by Crippen LogP contribution is -2.48. The van der Waals surface area contributed by atoms with Gasteiger partial charge in [0.05, 0.1) is 13.2 Å². The van der Waals surface area contributed by atoms with Gasteiger partial charge < -0.3 is 24.6 Å². The van der Waals surface area contributed by atoms with Crippen molar-refractivity contribution in [1.29, 1.82) is 0 Å². The fraction of sp³-hybridized carbons (Fsp3) is 0.282. The molecule has 5 aromatic rings. The first-order valence-corrected chi connectivity index (χ1v) is 16.8. The van der Waals surface area contributed by atoms with E-state index in [1.165, 1.54) is 16.2 Å². The van der Waals surface area contributed by atoms with Crippen LogP contribution in [-0.2, 0) is 16.1 Å². The molecule has 252 valence electrons. The molecular weight excluding hydrogens is 618 g/mol. The van der Waals surface area contributed by atoms with Crippen molar-refractivity contribution in [2.24, 2.45) is 10.9 Å². The zero-order chi connectivity index (χ0) is 33.6. The van der Waals surface area contributed by atoms with Gasteiger partial charge in [0.15, 0.2) is 6.04 Å². The number of carbonyl (C=O) groups is 1. The second kappa shape index (κ2) is 14.8. The Morgan fingerprint density at radius 2 is 1.51 bits per heavy atom. The van der Waals surface area contributed by atoms with Gasteiger partial charge in [0.1, 0.15) is 17.1 Å². The van der Waals surface area contributed by atoms with Crippen LogP contribution in [0.15, 0.2) is 119 Å². The molecule has 1 unspecified atom stereocenters. The molecule has 0 amide bonds. The van der Waals surface area contributed by atoms with Gasteiger partial charge in [0.2, 0.25) is 0 Å². The van der Waals surface area contributed by atoms with Crippen molar-refractivity contribution in [1.82, 2.24) is 14.9 Å². The summed E-state index contributed by atoms with van der Waals surface area (Å²) in [5, 5.41) is 5.82. The summed E-state index contributed by atoms with van der Waals surface area (Å²) in [5.74, 6) is 1.01. The molecule has 2 aliphatic heterocycles. The van der Waals surface area contributed by atoms with E-state index in [1.54, 1.807) is 7.11 Å². The van der Waals surface area contributed by atoms with Crippen molar-refractivity contribution in [3.05, 3.63) is 137 Å². The van der Waals surface area contributed by atoms with Gasteiger partial charge in [0, 0.05) is 37.1 Å².